The van der Waals surface area contributed by atoms with Gasteiger partial charge in [-0.3, -0.25) is 0 Å². The SMILES string of the molecule is CCOC(=O)C=CCOC1(c2ccccc2)CN(C(=NS(=O)(=O)c2ccc(Cl)cc2)SC)N=C1c1ccc(Cl)cc1. The smallest absolute Gasteiger partial charge is 0.330 e. The van der Waals surface area contributed by atoms with Crippen molar-refractivity contribution in [3.05, 3.63) is 112 Å². The first-order valence-electron chi connectivity index (χ1n) is 12.5. The van der Waals surface area contributed by atoms with E-state index in [-0.39, 0.29) is 29.8 Å². The van der Waals surface area contributed by atoms with Gasteiger partial charge in [0.2, 0.25) is 0 Å². The summed E-state index contributed by atoms with van der Waals surface area (Å²) in [5, 5.41) is 7.48. The number of thioether (sulfide) groups is 1. The number of ether oxygens (including phenoxy) is 2. The summed E-state index contributed by atoms with van der Waals surface area (Å²) in [5.74, 6) is -0.478. The minimum absolute atomic E-state index is 0.00391. The Morgan fingerprint density at radius 1 is 1.05 bits per heavy atom. The van der Waals surface area contributed by atoms with E-state index in [0.29, 0.717) is 15.8 Å². The van der Waals surface area contributed by atoms with Gasteiger partial charge < -0.3 is 9.47 Å². The van der Waals surface area contributed by atoms with Crippen LogP contribution >= 0.6 is 35.0 Å². The maximum Gasteiger partial charge on any atom is 0.330 e. The Bertz CT molecular complexity index is 1560. The van der Waals surface area contributed by atoms with Crippen LogP contribution in [0.15, 0.2) is 105 Å². The second-order valence-corrected chi connectivity index (χ2v) is 11.9. The molecule has 1 aliphatic rings. The standard InChI is InChI=1S/C29H27Cl2N3O5S2/c1-3-38-26(35)10-7-19-39-29(22-8-5-4-6-9-22)20-34(32-27(29)21-11-13-23(30)14-12-21)28(40-2)33-41(36,37)25-17-15-24(31)16-18-25/h4-18H,3,19-20H2,1-2H3. The Morgan fingerprint density at radius 3 is 2.29 bits per heavy atom. The van der Waals surface area contributed by atoms with Crippen molar-refractivity contribution in [3.63, 3.8) is 0 Å². The number of halogens is 2. The van der Waals surface area contributed by atoms with E-state index in [9.17, 15) is 13.2 Å². The maximum atomic E-state index is 13.2. The van der Waals surface area contributed by atoms with Crippen LogP contribution in [0.5, 0.6) is 0 Å². The molecule has 0 radical (unpaired) electrons. The monoisotopic (exact) mass is 631 g/mol. The van der Waals surface area contributed by atoms with E-state index < -0.39 is 21.6 Å². The summed E-state index contributed by atoms with van der Waals surface area (Å²) in [6.45, 7) is 2.14. The summed E-state index contributed by atoms with van der Waals surface area (Å²) in [6, 6.07) is 22.4. The van der Waals surface area contributed by atoms with Gasteiger partial charge in [0.05, 0.1) is 24.7 Å². The molecule has 214 valence electrons. The van der Waals surface area contributed by atoms with Crippen molar-refractivity contribution >= 4 is 61.8 Å². The van der Waals surface area contributed by atoms with Crippen molar-refractivity contribution in [2.45, 2.75) is 17.4 Å². The Balaban J connectivity index is 1.80. The molecule has 0 saturated carbocycles. The second-order valence-electron chi connectivity index (χ2n) is 8.68. The van der Waals surface area contributed by atoms with Crippen LogP contribution in [0.25, 0.3) is 0 Å². The first-order valence-corrected chi connectivity index (χ1v) is 15.9. The van der Waals surface area contributed by atoms with Gasteiger partial charge in [0, 0.05) is 21.7 Å². The van der Waals surface area contributed by atoms with E-state index in [2.05, 4.69) is 4.40 Å². The quantitative estimate of drug-likeness (QED) is 0.121. The highest BCUT2D eigenvalue weighted by atomic mass is 35.5. The Hall–Kier alpha value is -3.15. The number of hydrazone groups is 1. The second kappa shape index (κ2) is 13.7. The lowest BCUT2D eigenvalue weighted by molar-refractivity contribution is -0.137. The number of carbonyl (C=O) groups excluding carboxylic acids is 1. The molecular weight excluding hydrogens is 605 g/mol. The molecule has 0 N–H and O–H groups in total. The van der Waals surface area contributed by atoms with Gasteiger partial charge in [0.1, 0.15) is 5.71 Å². The zero-order chi connectivity index (χ0) is 29.5. The van der Waals surface area contributed by atoms with Gasteiger partial charge in [-0.25, -0.2) is 9.80 Å². The van der Waals surface area contributed by atoms with Crippen molar-refractivity contribution in [1.29, 1.82) is 0 Å². The maximum absolute atomic E-state index is 13.2. The third-order valence-corrected chi connectivity index (χ3v) is 8.58. The summed E-state index contributed by atoms with van der Waals surface area (Å²) in [7, 11) is -4.07. The molecule has 0 saturated heterocycles. The van der Waals surface area contributed by atoms with E-state index in [4.69, 9.17) is 37.8 Å². The lowest BCUT2D eigenvalue weighted by Crippen LogP contribution is -2.42. The minimum atomic E-state index is -4.07. The molecule has 1 aliphatic heterocycles. The van der Waals surface area contributed by atoms with Crippen LogP contribution in [0.3, 0.4) is 0 Å². The number of nitrogens with zero attached hydrogens (tertiary/aromatic N) is 3. The highest BCUT2D eigenvalue weighted by Gasteiger charge is 2.47. The predicted octanol–water partition coefficient (Wildman–Crippen LogP) is 6.15. The molecule has 1 heterocycles. The van der Waals surface area contributed by atoms with E-state index >= 15 is 0 Å². The molecule has 3 aromatic carbocycles. The molecule has 8 nitrogen and oxygen atoms in total. The number of sulfonamides is 1. The van der Waals surface area contributed by atoms with E-state index in [1.54, 1.807) is 31.4 Å². The molecule has 0 spiro atoms. The highest BCUT2D eigenvalue weighted by molar-refractivity contribution is 8.13. The average Bonchev–Trinajstić information content (AvgIpc) is 3.36. The van der Waals surface area contributed by atoms with Gasteiger partial charge in [-0.05, 0) is 55.1 Å². The molecule has 0 bridgehead atoms. The molecule has 3 aromatic rings. The molecule has 1 atom stereocenters. The molecule has 0 aliphatic carbocycles. The topological polar surface area (TPSA) is 97.6 Å². The zero-order valence-electron chi connectivity index (χ0n) is 22.2. The molecule has 1 unspecified atom stereocenters. The zero-order valence-corrected chi connectivity index (χ0v) is 25.4. The van der Waals surface area contributed by atoms with Crippen LogP contribution in [0.1, 0.15) is 18.1 Å². The van der Waals surface area contributed by atoms with Crippen molar-refractivity contribution < 1.29 is 22.7 Å². The van der Waals surface area contributed by atoms with Crippen LogP contribution in [0.4, 0.5) is 0 Å². The Kier molecular flexibility index (Phi) is 10.3. The van der Waals surface area contributed by atoms with Crippen molar-refractivity contribution in [3.8, 4) is 0 Å². The molecule has 0 aromatic heterocycles. The Labute approximate surface area is 253 Å². The van der Waals surface area contributed by atoms with Crippen molar-refractivity contribution in [1.82, 2.24) is 5.01 Å². The third kappa shape index (κ3) is 7.38. The van der Waals surface area contributed by atoms with Gasteiger partial charge in [-0.2, -0.15) is 13.5 Å². The number of rotatable bonds is 9. The number of hydrogen-bond acceptors (Lipinski definition) is 7. The fourth-order valence-corrected chi connectivity index (χ4v) is 6.19. The molecule has 4 rings (SSSR count). The van der Waals surface area contributed by atoms with Gasteiger partial charge >= 0.3 is 5.97 Å². The number of benzene rings is 3. The Morgan fingerprint density at radius 2 is 1.68 bits per heavy atom. The highest BCUT2D eigenvalue weighted by Crippen LogP contribution is 2.38. The first kappa shape index (κ1) is 30.8. The van der Waals surface area contributed by atoms with Crippen LogP contribution in [0, 0.1) is 0 Å². The van der Waals surface area contributed by atoms with Crippen LogP contribution in [-0.2, 0) is 29.9 Å². The average molecular weight is 633 g/mol. The summed E-state index contributed by atoms with van der Waals surface area (Å²) in [4.78, 5) is 11.9. The van der Waals surface area contributed by atoms with Gasteiger partial charge in [0.25, 0.3) is 10.0 Å². The fraction of sp³-hybridized carbons (Fsp3) is 0.207. The number of esters is 1. The first-order chi connectivity index (χ1) is 19.7. The fourth-order valence-electron chi connectivity index (χ4n) is 4.14. The number of amidine groups is 1. The normalized spacial score (nSPS) is 17.6. The largest absolute Gasteiger partial charge is 0.463 e. The molecule has 41 heavy (non-hydrogen) atoms. The van der Waals surface area contributed by atoms with Crippen LogP contribution < -0.4 is 0 Å². The summed E-state index contributed by atoms with van der Waals surface area (Å²) < 4.78 is 42.0. The van der Waals surface area contributed by atoms with Gasteiger partial charge in [-0.15, -0.1) is 4.40 Å². The predicted molar refractivity (Wildman–Crippen MR) is 164 cm³/mol. The summed E-state index contributed by atoms with van der Waals surface area (Å²) >= 11 is 13.3. The lowest BCUT2D eigenvalue weighted by atomic mass is 9.85. The lowest BCUT2D eigenvalue weighted by Gasteiger charge is -2.31. The van der Waals surface area contributed by atoms with E-state index in [1.165, 1.54) is 35.4 Å². The molecular formula is C29H27Cl2N3O5S2. The van der Waals surface area contributed by atoms with E-state index in [0.717, 1.165) is 22.9 Å². The van der Waals surface area contributed by atoms with Gasteiger partial charge in [0.15, 0.2) is 10.8 Å². The van der Waals surface area contributed by atoms with Crippen molar-refractivity contribution in [2.75, 3.05) is 26.0 Å². The number of hydrogen-bond donors (Lipinski definition) is 0. The molecule has 0 amide bonds. The van der Waals surface area contributed by atoms with Gasteiger partial charge in [-0.1, -0.05) is 83.5 Å². The van der Waals surface area contributed by atoms with E-state index in [1.807, 2.05) is 42.5 Å². The summed E-state index contributed by atoms with van der Waals surface area (Å²) in [5.41, 5.74) is 0.864. The minimum Gasteiger partial charge on any atom is -0.463 e. The van der Waals surface area contributed by atoms with Crippen LogP contribution in [0.2, 0.25) is 10.0 Å². The van der Waals surface area contributed by atoms with Crippen molar-refractivity contribution in [2.24, 2.45) is 9.50 Å². The summed E-state index contributed by atoms with van der Waals surface area (Å²) in [6.07, 6.45) is 4.60. The molecule has 0 fully saturated rings. The number of carbonyl (C=O) groups is 1. The molecule has 12 heteroatoms. The van der Waals surface area contributed by atoms with Crippen LogP contribution in [-0.4, -0.2) is 56.3 Å². The third-order valence-electron chi connectivity index (χ3n) is 6.01.